The molecule has 1 saturated carbocycles. The molecule has 2 nitrogen and oxygen atoms in total. The smallest absolute Gasteiger partial charge is 0.142 e. The van der Waals surface area contributed by atoms with Crippen LogP contribution < -0.4 is 10.5 Å². The first-order valence-electron chi connectivity index (χ1n) is 5.37. The van der Waals surface area contributed by atoms with Crippen molar-refractivity contribution in [1.82, 2.24) is 0 Å². The van der Waals surface area contributed by atoms with Gasteiger partial charge < -0.3 is 10.5 Å². The van der Waals surface area contributed by atoms with Crippen LogP contribution >= 0.6 is 23.8 Å². The van der Waals surface area contributed by atoms with Crippen LogP contribution in [0.1, 0.15) is 19.3 Å². The van der Waals surface area contributed by atoms with E-state index in [-0.39, 0.29) is 10.4 Å². The molecule has 0 aliphatic heterocycles. The first kappa shape index (κ1) is 12.6. The Labute approximate surface area is 110 Å². The minimum atomic E-state index is -0.441. The van der Waals surface area contributed by atoms with Crippen LogP contribution in [0, 0.1) is 11.2 Å². The maximum atomic E-state index is 12.9. The summed E-state index contributed by atoms with van der Waals surface area (Å²) < 4.78 is 18.5. The van der Waals surface area contributed by atoms with Gasteiger partial charge in [0.1, 0.15) is 11.6 Å². The molecule has 0 saturated heterocycles. The zero-order valence-corrected chi connectivity index (χ0v) is 10.8. The molecule has 17 heavy (non-hydrogen) atoms. The molecule has 1 aromatic rings. The molecule has 0 spiro atoms. The first-order valence-corrected chi connectivity index (χ1v) is 6.16. The third-order valence-corrected chi connectivity index (χ3v) is 3.38. The van der Waals surface area contributed by atoms with Crippen LogP contribution in [0.4, 0.5) is 4.39 Å². The van der Waals surface area contributed by atoms with Gasteiger partial charge in [-0.15, -0.1) is 0 Å². The largest absolute Gasteiger partial charge is 0.493 e. The van der Waals surface area contributed by atoms with Gasteiger partial charge in [0.05, 0.1) is 16.6 Å². The molecule has 0 unspecified atom stereocenters. The zero-order chi connectivity index (χ0) is 12.5. The lowest BCUT2D eigenvalue weighted by atomic mass is 10.0. The van der Waals surface area contributed by atoms with Gasteiger partial charge in [0.25, 0.3) is 0 Å². The Kier molecular flexibility index (Phi) is 3.54. The van der Waals surface area contributed by atoms with Crippen molar-refractivity contribution in [3.8, 4) is 5.75 Å². The first-order chi connectivity index (χ1) is 8.01. The fourth-order valence-electron chi connectivity index (χ4n) is 1.72. The molecular formula is C12H13ClFNOS. The summed E-state index contributed by atoms with van der Waals surface area (Å²) in [7, 11) is 0. The van der Waals surface area contributed by atoms with E-state index >= 15 is 0 Å². The highest BCUT2D eigenvalue weighted by molar-refractivity contribution is 7.80. The summed E-state index contributed by atoms with van der Waals surface area (Å²) in [4.78, 5) is 0.517. The van der Waals surface area contributed by atoms with Crippen LogP contribution in [0.2, 0.25) is 5.02 Å². The molecule has 0 radical (unpaired) electrons. The van der Waals surface area contributed by atoms with Crippen molar-refractivity contribution in [2.45, 2.75) is 19.3 Å². The van der Waals surface area contributed by atoms with Crippen molar-refractivity contribution >= 4 is 28.8 Å². The van der Waals surface area contributed by atoms with Gasteiger partial charge in [0.15, 0.2) is 0 Å². The maximum Gasteiger partial charge on any atom is 0.142 e. The molecule has 0 atom stereocenters. The van der Waals surface area contributed by atoms with Crippen molar-refractivity contribution < 1.29 is 9.13 Å². The van der Waals surface area contributed by atoms with Crippen LogP contribution in [0.3, 0.4) is 0 Å². The molecule has 1 fully saturated rings. The highest BCUT2D eigenvalue weighted by Crippen LogP contribution is 2.49. The molecule has 0 bridgehead atoms. The van der Waals surface area contributed by atoms with Gasteiger partial charge in [-0.05, 0) is 25.0 Å². The third-order valence-electron chi connectivity index (χ3n) is 2.94. The van der Waals surface area contributed by atoms with Gasteiger partial charge in [-0.3, -0.25) is 0 Å². The number of hydrogen-bond acceptors (Lipinski definition) is 2. The van der Waals surface area contributed by atoms with Gasteiger partial charge >= 0.3 is 0 Å². The standard InChI is InChI=1S/C12H13ClFNOS/c13-9-5-8(1-2-10(9)14)16-7-12(3-4-12)6-11(15)17/h1-2,5H,3-4,6-7H2,(H2,15,17). The summed E-state index contributed by atoms with van der Waals surface area (Å²) in [6.07, 6.45) is 2.84. The summed E-state index contributed by atoms with van der Waals surface area (Å²) in [5, 5.41) is 0.0710. The predicted molar refractivity (Wildman–Crippen MR) is 70.0 cm³/mol. The number of thiocarbonyl (C=S) groups is 1. The molecule has 0 aromatic heterocycles. The Bertz CT molecular complexity index is 448. The second-order valence-electron chi connectivity index (χ2n) is 4.51. The van der Waals surface area contributed by atoms with E-state index in [1.807, 2.05) is 0 Å². The summed E-state index contributed by atoms with van der Waals surface area (Å²) in [6.45, 7) is 0.548. The average Bonchev–Trinajstić information content (AvgIpc) is 2.99. The Morgan fingerprint density at radius 3 is 2.76 bits per heavy atom. The minimum Gasteiger partial charge on any atom is -0.493 e. The monoisotopic (exact) mass is 273 g/mol. The summed E-state index contributed by atoms with van der Waals surface area (Å²) in [5.74, 6) is 0.133. The molecule has 5 heteroatoms. The van der Waals surface area contributed by atoms with Gasteiger partial charge in [-0.1, -0.05) is 23.8 Å². The van der Waals surface area contributed by atoms with Crippen LogP contribution in [-0.2, 0) is 0 Å². The van der Waals surface area contributed by atoms with Crippen LogP contribution in [0.5, 0.6) is 5.75 Å². The molecular weight excluding hydrogens is 261 g/mol. The van der Waals surface area contributed by atoms with E-state index in [9.17, 15) is 4.39 Å². The maximum absolute atomic E-state index is 12.9. The predicted octanol–water partition coefficient (Wildman–Crippen LogP) is 3.31. The molecule has 1 aliphatic carbocycles. The molecule has 92 valence electrons. The number of benzene rings is 1. The van der Waals surface area contributed by atoms with E-state index in [0.29, 0.717) is 23.8 Å². The second kappa shape index (κ2) is 4.78. The highest BCUT2D eigenvalue weighted by Gasteiger charge is 2.43. The number of nitrogens with two attached hydrogens (primary N) is 1. The zero-order valence-electron chi connectivity index (χ0n) is 9.21. The van der Waals surface area contributed by atoms with Gasteiger partial charge in [0.2, 0.25) is 0 Å². The lowest BCUT2D eigenvalue weighted by Crippen LogP contribution is -2.21. The van der Waals surface area contributed by atoms with Gasteiger partial charge in [-0.25, -0.2) is 4.39 Å². The van der Waals surface area contributed by atoms with Crippen molar-refractivity contribution in [3.63, 3.8) is 0 Å². The minimum absolute atomic E-state index is 0.0710. The molecule has 0 heterocycles. The highest BCUT2D eigenvalue weighted by atomic mass is 35.5. The topological polar surface area (TPSA) is 35.2 Å². The molecule has 2 N–H and O–H groups in total. The van der Waals surface area contributed by atoms with Crippen molar-refractivity contribution in [3.05, 3.63) is 29.0 Å². The molecule has 1 aromatic carbocycles. The normalized spacial score (nSPS) is 16.6. The van der Waals surface area contributed by atoms with Crippen molar-refractivity contribution in [2.75, 3.05) is 6.61 Å². The molecule has 0 amide bonds. The summed E-state index contributed by atoms with van der Waals surface area (Å²) in [6, 6.07) is 4.34. The summed E-state index contributed by atoms with van der Waals surface area (Å²) >= 11 is 10.6. The van der Waals surface area contributed by atoms with E-state index in [1.54, 1.807) is 6.07 Å². The Hall–Kier alpha value is -0.870. The average molecular weight is 274 g/mol. The Balaban J connectivity index is 1.94. The van der Waals surface area contributed by atoms with E-state index in [1.165, 1.54) is 12.1 Å². The number of halogens is 2. The fraction of sp³-hybridized carbons (Fsp3) is 0.417. The van der Waals surface area contributed by atoms with Gasteiger partial charge in [0, 0.05) is 17.9 Å². The van der Waals surface area contributed by atoms with Crippen molar-refractivity contribution in [2.24, 2.45) is 11.1 Å². The lowest BCUT2D eigenvalue weighted by molar-refractivity contribution is 0.239. The second-order valence-corrected chi connectivity index (χ2v) is 5.44. The number of ether oxygens (including phenoxy) is 1. The van der Waals surface area contributed by atoms with Crippen LogP contribution in [-0.4, -0.2) is 11.6 Å². The van der Waals surface area contributed by atoms with E-state index in [4.69, 9.17) is 34.3 Å². The number of rotatable bonds is 5. The van der Waals surface area contributed by atoms with Gasteiger partial charge in [-0.2, -0.15) is 0 Å². The van der Waals surface area contributed by atoms with Crippen molar-refractivity contribution in [1.29, 1.82) is 0 Å². The van der Waals surface area contributed by atoms with E-state index < -0.39 is 5.82 Å². The number of hydrogen-bond donors (Lipinski definition) is 1. The van der Waals surface area contributed by atoms with Crippen LogP contribution in [0.25, 0.3) is 0 Å². The van der Waals surface area contributed by atoms with E-state index in [2.05, 4.69) is 0 Å². The molecule has 2 rings (SSSR count). The molecule has 1 aliphatic rings. The lowest BCUT2D eigenvalue weighted by Gasteiger charge is -2.15. The summed E-state index contributed by atoms with van der Waals surface area (Å²) in [5.41, 5.74) is 5.63. The fourth-order valence-corrected chi connectivity index (χ4v) is 2.20. The quantitative estimate of drug-likeness (QED) is 0.836. The van der Waals surface area contributed by atoms with E-state index in [0.717, 1.165) is 12.8 Å². The SMILES string of the molecule is NC(=S)CC1(COc2ccc(F)c(Cl)c2)CC1. The van der Waals surface area contributed by atoms with Crippen LogP contribution in [0.15, 0.2) is 18.2 Å². The third kappa shape index (κ3) is 3.30. The Morgan fingerprint density at radius 1 is 1.53 bits per heavy atom. The Morgan fingerprint density at radius 2 is 2.24 bits per heavy atom.